The second kappa shape index (κ2) is 6.07. The molecule has 0 aliphatic rings. The molecule has 0 unspecified atom stereocenters. The van der Waals surface area contributed by atoms with Gasteiger partial charge in [0.1, 0.15) is 5.75 Å². The number of H-pyrrole nitrogens is 1. The molecule has 0 saturated carbocycles. The summed E-state index contributed by atoms with van der Waals surface area (Å²) < 4.78 is 6.91. The van der Waals surface area contributed by atoms with Crippen LogP contribution in [0.1, 0.15) is 5.56 Å². The third-order valence-electron chi connectivity index (χ3n) is 3.68. The number of hydrogen-bond acceptors (Lipinski definition) is 3. The van der Waals surface area contributed by atoms with Crippen LogP contribution in [-0.4, -0.2) is 28.6 Å². The highest BCUT2D eigenvalue weighted by atomic mass is 16.5. The number of rotatable bonds is 5. The van der Waals surface area contributed by atoms with Crippen molar-refractivity contribution in [1.82, 2.24) is 14.5 Å². The number of imidazole rings is 1. The normalized spacial score (nSPS) is 11.2. The van der Waals surface area contributed by atoms with Crippen LogP contribution < -0.4 is 10.4 Å². The second-order valence-corrected chi connectivity index (χ2v) is 5.38. The van der Waals surface area contributed by atoms with Gasteiger partial charge < -0.3 is 9.72 Å². The van der Waals surface area contributed by atoms with Crippen LogP contribution in [0.2, 0.25) is 0 Å². The fraction of sp³-hybridized carbons (Fsp3) is 0.235. The highest BCUT2D eigenvalue weighted by molar-refractivity contribution is 5.74. The Bertz CT molecular complexity index is 818. The molecule has 0 aliphatic heterocycles. The molecule has 0 amide bonds. The summed E-state index contributed by atoms with van der Waals surface area (Å²) in [4.78, 5) is 17.1. The molecule has 0 atom stereocenters. The third-order valence-corrected chi connectivity index (χ3v) is 3.68. The standard InChI is InChI=1S/C17H19N3O2/c1-19(11-13-7-9-14(22-2)10-8-13)12-20-16-6-4-3-5-15(16)18-17(20)21/h3-10H,11-12H2,1-2H3,(H,18,21). The molecule has 0 saturated heterocycles. The smallest absolute Gasteiger partial charge is 0.327 e. The van der Waals surface area contributed by atoms with E-state index in [1.165, 1.54) is 5.56 Å². The Morgan fingerprint density at radius 2 is 1.86 bits per heavy atom. The van der Waals surface area contributed by atoms with Gasteiger partial charge in [-0.25, -0.2) is 4.79 Å². The van der Waals surface area contributed by atoms with Crippen LogP contribution in [0.25, 0.3) is 11.0 Å². The summed E-state index contributed by atoms with van der Waals surface area (Å²) in [7, 11) is 3.66. The Hall–Kier alpha value is -2.53. The van der Waals surface area contributed by atoms with E-state index in [0.717, 1.165) is 23.3 Å². The van der Waals surface area contributed by atoms with E-state index < -0.39 is 0 Å². The van der Waals surface area contributed by atoms with Crippen molar-refractivity contribution in [2.45, 2.75) is 13.2 Å². The molecule has 5 nitrogen and oxygen atoms in total. The summed E-state index contributed by atoms with van der Waals surface area (Å²) in [5.41, 5.74) is 2.89. The third kappa shape index (κ3) is 2.89. The molecule has 0 bridgehead atoms. The largest absolute Gasteiger partial charge is 0.497 e. The van der Waals surface area contributed by atoms with Gasteiger partial charge in [0.2, 0.25) is 0 Å². The van der Waals surface area contributed by atoms with Crippen molar-refractivity contribution in [2.75, 3.05) is 14.2 Å². The summed E-state index contributed by atoms with van der Waals surface area (Å²) in [5.74, 6) is 0.847. The molecule has 2 aromatic carbocycles. The lowest BCUT2D eigenvalue weighted by Gasteiger charge is -2.17. The van der Waals surface area contributed by atoms with Crippen LogP contribution in [0, 0.1) is 0 Å². The molecule has 22 heavy (non-hydrogen) atoms. The Labute approximate surface area is 128 Å². The van der Waals surface area contributed by atoms with Gasteiger partial charge in [-0.1, -0.05) is 24.3 Å². The average Bonchev–Trinajstić information content (AvgIpc) is 2.84. The first-order valence-electron chi connectivity index (χ1n) is 7.16. The minimum atomic E-state index is -0.0808. The van der Waals surface area contributed by atoms with Gasteiger partial charge in [0.15, 0.2) is 0 Å². The number of methoxy groups -OCH3 is 1. The van der Waals surface area contributed by atoms with Crippen molar-refractivity contribution in [3.8, 4) is 5.75 Å². The molecule has 1 aromatic heterocycles. The van der Waals surface area contributed by atoms with Crippen LogP contribution in [0.4, 0.5) is 0 Å². The molecule has 1 heterocycles. The fourth-order valence-corrected chi connectivity index (χ4v) is 2.58. The van der Waals surface area contributed by atoms with Crippen LogP contribution >= 0.6 is 0 Å². The summed E-state index contributed by atoms with van der Waals surface area (Å²) in [6.07, 6.45) is 0. The molecule has 0 spiro atoms. The van der Waals surface area contributed by atoms with Crippen molar-refractivity contribution in [3.05, 3.63) is 64.6 Å². The summed E-state index contributed by atoms with van der Waals surface area (Å²) in [6.45, 7) is 1.30. The van der Waals surface area contributed by atoms with E-state index in [0.29, 0.717) is 6.67 Å². The van der Waals surface area contributed by atoms with E-state index in [-0.39, 0.29) is 5.69 Å². The van der Waals surface area contributed by atoms with Crippen molar-refractivity contribution in [3.63, 3.8) is 0 Å². The van der Waals surface area contributed by atoms with Crippen molar-refractivity contribution < 1.29 is 4.74 Å². The van der Waals surface area contributed by atoms with E-state index >= 15 is 0 Å². The van der Waals surface area contributed by atoms with E-state index in [1.54, 1.807) is 11.7 Å². The Kier molecular flexibility index (Phi) is 3.98. The van der Waals surface area contributed by atoms with E-state index in [2.05, 4.69) is 9.88 Å². The van der Waals surface area contributed by atoms with Crippen molar-refractivity contribution in [1.29, 1.82) is 0 Å². The minimum Gasteiger partial charge on any atom is -0.497 e. The molecule has 5 heteroatoms. The molecule has 1 N–H and O–H groups in total. The van der Waals surface area contributed by atoms with Gasteiger partial charge in [0.25, 0.3) is 0 Å². The van der Waals surface area contributed by atoms with Gasteiger partial charge >= 0.3 is 5.69 Å². The first kappa shape index (κ1) is 14.4. The lowest BCUT2D eigenvalue weighted by molar-refractivity contribution is 0.261. The number of nitrogens with zero attached hydrogens (tertiary/aromatic N) is 2. The first-order chi connectivity index (χ1) is 10.7. The zero-order valence-electron chi connectivity index (χ0n) is 12.7. The van der Waals surface area contributed by atoms with Crippen LogP contribution in [0.3, 0.4) is 0 Å². The van der Waals surface area contributed by atoms with Gasteiger partial charge in [-0.15, -0.1) is 0 Å². The zero-order chi connectivity index (χ0) is 15.5. The number of ether oxygens (including phenoxy) is 1. The predicted molar refractivity (Wildman–Crippen MR) is 87.0 cm³/mol. The molecule has 0 aliphatic carbocycles. The Morgan fingerprint density at radius 3 is 2.59 bits per heavy atom. The highest BCUT2D eigenvalue weighted by Crippen LogP contribution is 2.14. The Balaban J connectivity index is 1.76. The van der Waals surface area contributed by atoms with E-state index in [1.807, 2.05) is 55.6 Å². The minimum absolute atomic E-state index is 0.0808. The zero-order valence-corrected chi connectivity index (χ0v) is 12.7. The maximum Gasteiger partial charge on any atom is 0.327 e. The highest BCUT2D eigenvalue weighted by Gasteiger charge is 2.08. The lowest BCUT2D eigenvalue weighted by Crippen LogP contribution is -2.28. The lowest BCUT2D eigenvalue weighted by atomic mass is 10.2. The summed E-state index contributed by atoms with van der Waals surface area (Å²) in [5, 5.41) is 0. The van der Waals surface area contributed by atoms with Crippen LogP contribution in [0.15, 0.2) is 53.3 Å². The predicted octanol–water partition coefficient (Wildman–Crippen LogP) is 2.43. The molecule has 3 rings (SSSR count). The van der Waals surface area contributed by atoms with Gasteiger partial charge in [-0.2, -0.15) is 0 Å². The number of nitrogens with one attached hydrogen (secondary N) is 1. The monoisotopic (exact) mass is 297 g/mol. The van der Waals surface area contributed by atoms with Crippen molar-refractivity contribution >= 4 is 11.0 Å². The molecule has 3 aromatic rings. The SMILES string of the molecule is COc1ccc(CN(C)Cn2c(=O)[nH]c3ccccc32)cc1. The van der Waals surface area contributed by atoms with E-state index in [9.17, 15) is 4.79 Å². The first-order valence-corrected chi connectivity index (χ1v) is 7.16. The number of hydrogen-bond donors (Lipinski definition) is 1. The molecule has 0 fully saturated rings. The molecular weight excluding hydrogens is 278 g/mol. The topological polar surface area (TPSA) is 50.3 Å². The Morgan fingerprint density at radius 1 is 1.14 bits per heavy atom. The average molecular weight is 297 g/mol. The number of aromatic amines is 1. The van der Waals surface area contributed by atoms with Gasteiger partial charge in [0, 0.05) is 6.54 Å². The molecule has 0 radical (unpaired) electrons. The van der Waals surface area contributed by atoms with Crippen molar-refractivity contribution in [2.24, 2.45) is 0 Å². The summed E-state index contributed by atoms with van der Waals surface area (Å²) >= 11 is 0. The number of aromatic nitrogens is 2. The fourth-order valence-electron chi connectivity index (χ4n) is 2.58. The molecule has 114 valence electrons. The number of fused-ring (bicyclic) bond motifs is 1. The van der Waals surface area contributed by atoms with Gasteiger partial charge in [0.05, 0.1) is 24.8 Å². The quantitative estimate of drug-likeness (QED) is 0.787. The maximum absolute atomic E-state index is 12.1. The number of benzene rings is 2. The number of para-hydroxylation sites is 2. The van der Waals surface area contributed by atoms with E-state index in [4.69, 9.17) is 4.74 Å². The molecular formula is C17H19N3O2. The second-order valence-electron chi connectivity index (χ2n) is 5.38. The van der Waals surface area contributed by atoms with Gasteiger partial charge in [-0.05, 0) is 36.9 Å². The maximum atomic E-state index is 12.1. The van der Waals surface area contributed by atoms with Crippen LogP contribution in [0.5, 0.6) is 5.75 Å². The van der Waals surface area contributed by atoms with Crippen LogP contribution in [-0.2, 0) is 13.2 Å². The van der Waals surface area contributed by atoms with Gasteiger partial charge in [-0.3, -0.25) is 9.47 Å². The summed E-state index contributed by atoms with van der Waals surface area (Å²) in [6, 6.07) is 15.7.